The Bertz CT molecular complexity index is 922. The normalized spacial score (nSPS) is 10.5. The van der Waals surface area contributed by atoms with E-state index in [0.717, 1.165) is 5.56 Å². The number of rotatable bonds is 7. The van der Waals surface area contributed by atoms with Gasteiger partial charge in [-0.25, -0.2) is 9.07 Å². The van der Waals surface area contributed by atoms with Crippen LogP contribution in [0.1, 0.15) is 22.8 Å². The van der Waals surface area contributed by atoms with Gasteiger partial charge in [-0.3, -0.25) is 4.79 Å². The van der Waals surface area contributed by atoms with Crippen LogP contribution >= 0.6 is 0 Å². The van der Waals surface area contributed by atoms with Crippen LogP contribution in [0.25, 0.3) is 5.69 Å². The molecule has 0 atom stereocenters. The van der Waals surface area contributed by atoms with Crippen LogP contribution in [0, 0.1) is 5.82 Å². The van der Waals surface area contributed by atoms with Gasteiger partial charge in [-0.05, 0) is 48.9 Å². The first-order valence-corrected chi connectivity index (χ1v) is 8.49. The zero-order valence-corrected chi connectivity index (χ0v) is 15.1. The van der Waals surface area contributed by atoms with Crippen molar-refractivity contribution in [1.82, 2.24) is 15.1 Å². The number of aromatic nitrogens is 2. The molecule has 1 aromatic heterocycles. The van der Waals surface area contributed by atoms with Gasteiger partial charge in [0, 0.05) is 12.7 Å². The molecule has 0 unspecified atom stereocenters. The second-order valence-electron chi connectivity index (χ2n) is 5.75. The van der Waals surface area contributed by atoms with E-state index >= 15 is 0 Å². The minimum atomic E-state index is -0.324. The second-order valence-corrected chi connectivity index (χ2v) is 5.75. The van der Waals surface area contributed by atoms with E-state index in [1.54, 1.807) is 31.5 Å². The van der Waals surface area contributed by atoms with Crippen molar-refractivity contribution < 1.29 is 18.7 Å². The van der Waals surface area contributed by atoms with Crippen LogP contribution in [0.4, 0.5) is 4.39 Å². The first-order valence-electron chi connectivity index (χ1n) is 8.49. The Morgan fingerprint density at radius 2 is 1.96 bits per heavy atom. The zero-order valence-electron chi connectivity index (χ0n) is 15.1. The molecule has 2 aromatic carbocycles. The fourth-order valence-corrected chi connectivity index (χ4v) is 2.56. The predicted molar refractivity (Wildman–Crippen MR) is 98.9 cm³/mol. The van der Waals surface area contributed by atoms with Gasteiger partial charge < -0.3 is 14.8 Å². The molecule has 3 rings (SSSR count). The molecule has 0 aliphatic heterocycles. The summed E-state index contributed by atoms with van der Waals surface area (Å²) < 4.78 is 25.3. The Balaban J connectivity index is 1.66. The number of halogens is 1. The smallest absolute Gasteiger partial charge is 0.254 e. The zero-order chi connectivity index (χ0) is 19.2. The Hall–Kier alpha value is -3.35. The highest BCUT2D eigenvalue weighted by atomic mass is 19.1. The van der Waals surface area contributed by atoms with Crippen LogP contribution in [-0.4, -0.2) is 29.4 Å². The van der Waals surface area contributed by atoms with E-state index in [9.17, 15) is 9.18 Å². The molecule has 0 fully saturated rings. The van der Waals surface area contributed by atoms with E-state index in [-0.39, 0.29) is 11.7 Å². The molecule has 1 heterocycles. The summed E-state index contributed by atoms with van der Waals surface area (Å²) in [7, 11) is 1.58. The van der Waals surface area contributed by atoms with Crippen molar-refractivity contribution in [2.45, 2.75) is 13.5 Å². The molecule has 0 saturated heterocycles. The van der Waals surface area contributed by atoms with Gasteiger partial charge in [0.2, 0.25) is 0 Å². The molecule has 140 valence electrons. The quantitative estimate of drug-likeness (QED) is 0.694. The maximum atomic E-state index is 13.0. The van der Waals surface area contributed by atoms with Crippen LogP contribution < -0.4 is 14.8 Å². The summed E-state index contributed by atoms with van der Waals surface area (Å²) >= 11 is 0. The number of ether oxygens (including phenoxy) is 2. The average Bonchev–Trinajstić information content (AvgIpc) is 3.17. The van der Waals surface area contributed by atoms with E-state index in [1.165, 1.54) is 23.0 Å². The number of nitrogens with one attached hydrogen (secondary N) is 1. The summed E-state index contributed by atoms with van der Waals surface area (Å²) in [5.74, 6) is 0.704. The summed E-state index contributed by atoms with van der Waals surface area (Å²) in [6.07, 6.45) is 3.07. The first kappa shape index (κ1) is 18.4. The van der Waals surface area contributed by atoms with Gasteiger partial charge in [0.05, 0.1) is 31.2 Å². The molecular formula is C20H20FN3O3. The highest BCUT2D eigenvalue weighted by Gasteiger charge is 2.11. The van der Waals surface area contributed by atoms with Crippen LogP contribution in [-0.2, 0) is 6.54 Å². The largest absolute Gasteiger partial charge is 0.493 e. The van der Waals surface area contributed by atoms with Crippen LogP contribution in [0.5, 0.6) is 11.5 Å². The van der Waals surface area contributed by atoms with Crippen molar-refractivity contribution in [1.29, 1.82) is 0 Å². The van der Waals surface area contributed by atoms with E-state index in [4.69, 9.17) is 9.47 Å². The summed E-state index contributed by atoms with van der Waals surface area (Å²) in [6.45, 7) is 2.76. The van der Waals surface area contributed by atoms with Gasteiger partial charge in [-0.2, -0.15) is 5.10 Å². The summed E-state index contributed by atoms with van der Waals surface area (Å²) in [5, 5.41) is 7.00. The van der Waals surface area contributed by atoms with Crippen molar-refractivity contribution in [3.05, 3.63) is 71.8 Å². The maximum absolute atomic E-state index is 13.0. The van der Waals surface area contributed by atoms with Crippen molar-refractivity contribution in [3.8, 4) is 17.2 Å². The molecule has 0 aliphatic carbocycles. The third-order valence-corrected chi connectivity index (χ3v) is 3.92. The lowest BCUT2D eigenvalue weighted by atomic mass is 10.2. The molecule has 0 saturated carbocycles. The number of hydrogen-bond donors (Lipinski definition) is 1. The molecule has 0 bridgehead atoms. The van der Waals surface area contributed by atoms with E-state index in [1.807, 2.05) is 19.1 Å². The third-order valence-electron chi connectivity index (χ3n) is 3.92. The van der Waals surface area contributed by atoms with Crippen molar-refractivity contribution in [2.75, 3.05) is 13.7 Å². The Morgan fingerprint density at radius 3 is 2.67 bits per heavy atom. The Labute approximate surface area is 156 Å². The molecular weight excluding hydrogens is 349 g/mol. The van der Waals surface area contributed by atoms with Gasteiger partial charge in [0.1, 0.15) is 5.82 Å². The first-order chi connectivity index (χ1) is 13.1. The topological polar surface area (TPSA) is 65.4 Å². The van der Waals surface area contributed by atoms with Gasteiger partial charge >= 0.3 is 0 Å². The van der Waals surface area contributed by atoms with Gasteiger partial charge in [-0.15, -0.1) is 0 Å². The van der Waals surface area contributed by atoms with Crippen molar-refractivity contribution >= 4 is 5.91 Å². The average molecular weight is 369 g/mol. The lowest BCUT2D eigenvalue weighted by molar-refractivity contribution is 0.0951. The van der Waals surface area contributed by atoms with Crippen LogP contribution in [0.2, 0.25) is 0 Å². The Kier molecular flexibility index (Phi) is 5.71. The number of nitrogens with zero attached hydrogens (tertiary/aromatic N) is 2. The number of hydrogen-bond acceptors (Lipinski definition) is 4. The molecule has 1 N–H and O–H groups in total. The van der Waals surface area contributed by atoms with Crippen molar-refractivity contribution in [2.24, 2.45) is 0 Å². The maximum Gasteiger partial charge on any atom is 0.254 e. The lowest BCUT2D eigenvalue weighted by Crippen LogP contribution is -2.22. The molecule has 7 heteroatoms. The van der Waals surface area contributed by atoms with E-state index in [0.29, 0.717) is 35.9 Å². The standard InChI is InChI=1S/C20H20FN3O3/c1-3-27-19-10-14(4-9-18(19)26-2)11-22-20(25)15-12-23-24(13-15)17-7-5-16(21)6-8-17/h4-10,12-13H,3,11H2,1-2H3,(H,22,25). The van der Waals surface area contributed by atoms with Crippen molar-refractivity contribution in [3.63, 3.8) is 0 Å². The lowest BCUT2D eigenvalue weighted by Gasteiger charge is -2.11. The minimum absolute atomic E-state index is 0.253. The van der Waals surface area contributed by atoms with E-state index in [2.05, 4.69) is 10.4 Å². The second kappa shape index (κ2) is 8.35. The van der Waals surface area contributed by atoms with Crippen LogP contribution in [0.15, 0.2) is 54.9 Å². The fourth-order valence-electron chi connectivity index (χ4n) is 2.56. The third kappa shape index (κ3) is 4.44. The van der Waals surface area contributed by atoms with Gasteiger partial charge in [0.25, 0.3) is 5.91 Å². The molecule has 3 aromatic rings. The number of benzene rings is 2. The molecule has 27 heavy (non-hydrogen) atoms. The summed E-state index contributed by atoms with van der Waals surface area (Å²) in [5.41, 5.74) is 1.98. The molecule has 0 spiro atoms. The molecule has 0 radical (unpaired) electrons. The Morgan fingerprint density at radius 1 is 1.19 bits per heavy atom. The predicted octanol–water partition coefficient (Wildman–Crippen LogP) is 3.35. The number of amides is 1. The summed E-state index contributed by atoms with van der Waals surface area (Å²) in [4.78, 5) is 12.4. The highest BCUT2D eigenvalue weighted by Crippen LogP contribution is 2.28. The van der Waals surface area contributed by atoms with Crippen LogP contribution in [0.3, 0.4) is 0 Å². The highest BCUT2D eigenvalue weighted by molar-refractivity contribution is 5.93. The minimum Gasteiger partial charge on any atom is -0.493 e. The monoisotopic (exact) mass is 369 g/mol. The SMILES string of the molecule is CCOc1cc(CNC(=O)c2cnn(-c3ccc(F)cc3)c2)ccc1OC. The van der Waals surface area contributed by atoms with E-state index < -0.39 is 0 Å². The molecule has 1 amide bonds. The number of methoxy groups -OCH3 is 1. The number of carbonyl (C=O) groups is 1. The molecule has 6 nitrogen and oxygen atoms in total. The van der Waals surface area contributed by atoms with Gasteiger partial charge in [-0.1, -0.05) is 6.07 Å². The molecule has 0 aliphatic rings. The number of carbonyl (C=O) groups excluding carboxylic acids is 1. The van der Waals surface area contributed by atoms with Gasteiger partial charge in [0.15, 0.2) is 11.5 Å². The summed E-state index contributed by atoms with van der Waals surface area (Å²) in [6, 6.07) is 11.4. The fraction of sp³-hybridized carbons (Fsp3) is 0.200.